The first kappa shape index (κ1) is 18.1. The van der Waals surface area contributed by atoms with Crippen LogP contribution in [0.1, 0.15) is 46.5 Å². The van der Waals surface area contributed by atoms with Gasteiger partial charge in [0.1, 0.15) is 12.0 Å². The van der Waals surface area contributed by atoms with Gasteiger partial charge < -0.3 is 21.9 Å². The van der Waals surface area contributed by atoms with Crippen LogP contribution in [0.5, 0.6) is 0 Å². The Labute approximate surface area is 126 Å². The minimum Gasteiger partial charge on any atom is -0.377 e. The van der Waals surface area contributed by atoms with Crippen LogP contribution in [-0.2, 0) is 9.59 Å². The zero-order valence-corrected chi connectivity index (χ0v) is 13.3. The van der Waals surface area contributed by atoms with E-state index in [9.17, 15) is 14.7 Å². The van der Waals surface area contributed by atoms with Gasteiger partial charge in [-0.1, -0.05) is 33.6 Å². The highest BCUT2D eigenvalue weighted by molar-refractivity contribution is 5.91. The lowest BCUT2D eigenvalue weighted by atomic mass is 9.70. The van der Waals surface area contributed by atoms with Crippen molar-refractivity contribution in [3.63, 3.8) is 0 Å². The van der Waals surface area contributed by atoms with Crippen molar-refractivity contribution in [1.29, 1.82) is 0 Å². The SMILES string of the molecule is CC(C)(C)C(=O)[C@H]1CCCC[C@H]1C(=O)N[C@H](CN)C(N)O. The fraction of sp³-hybridized carbons (Fsp3) is 0.867. The quantitative estimate of drug-likeness (QED) is 0.538. The molecule has 0 aromatic carbocycles. The standard InChI is InChI=1S/C15H29N3O3/c1-15(2,3)12(19)9-6-4-5-7-10(9)14(21)18-11(8-16)13(17)20/h9-11,13,20H,4-8,16-17H2,1-3H3,(H,18,21)/t9-,10+,11+,13?/m0/s1. The maximum atomic E-state index is 12.5. The Morgan fingerprint density at radius 3 is 2.19 bits per heavy atom. The van der Waals surface area contributed by atoms with E-state index in [1.807, 2.05) is 20.8 Å². The summed E-state index contributed by atoms with van der Waals surface area (Å²) in [7, 11) is 0. The molecule has 0 saturated heterocycles. The smallest absolute Gasteiger partial charge is 0.224 e. The molecule has 6 N–H and O–H groups in total. The largest absolute Gasteiger partial charge is 0.377 e. The molecule has 4 atom stereocenters. The van der Waals surface area contributed by atoms with Gasteiger partial charge in [0.25, 0.3) is 0 Å². The van der Waals surface area contributed by atoms with E-state index in [1.54, 1.807) is 0 Å². The fourth-order valence-electron chi connectivity index (χ4n) is 2.89. The molecule has 1 aliphatic carbocycles. The summed E-state index contributed by atoms with van der Waals surface area (Å²) in [6, 6.07) is -0.676. The highest BCUT2D eigenvalue weighted by atomic mass is 16.3. The molecule has 1 fully saturated rings. The number of carbonyl (C=O) groups excluding carboxylic acids is 2. The lowest BCUT2D eigenvalue weighted by molar-refractivity contribution is -0.140. The predicted molar refractivity (Wildman–Crippen MR) is 81.1 cm³/mol. The van der Waals surface area contributed by atoms with Crippen LogP contribution in [0.25, 0.3) is 0 Å². The van der Waals surface area contributed by atoms with Crippen molar-refractivity contribution in [3.8, 4) is 0 Å². The highest BCUT2D eigenvalue weighted by Crippen LogP contribution is 2.35. The molecule has 1 rings (SSSR count). The first-order chi connectivity index (χ1) is 9.68. The van der Waals surface area contributed by atoms with E-state index < -0.39 is 17.7 Å². The molecule has 6 heteroatoms. The van der Waals surface area contributed by atoms with Crippen LogP contribution in [-0.4, -0.2) is 35.6 Å². The summed E-state index contributed by atoms with van der Waals surface area (Å²) in [5.41, 5.74) is 10.4. The summed E-state index contributed by atoms with van der Waals surface area (Å²) < 4.78 is 0. The maximum absolute atomic E-state index is 12.5. The summed E-state index contributed by atoms with van der Waals surface area (Å²) in [5.74, 6) is -0.706. The van der Waals surface area contributed by atoms with Gasteiger partial charge in [-0.15, -0.1) is 0 Å². The van der Waals surface area contributed by atoms with Crippen molar-refractivity contribution in [3.05, 3.63) is 0 Å². The Kier molecular flexibility index (Phi) is 6.31. The lowest BCUT2D eigenvalue weighted by Gasteiger charge is -2.34. The molecule has 21 heavy (non-hydrogen) atoms. The van der Waals surface area contributed by atoms with Crippen molar-refractivity contribution >= 4 is 11.7 Å². The van der Waals surface area contributed by atoms with Crippen LogP contribution in [0.15, 0.2) is 0 Å². The Hall–Kier alpha value is -0.980. The van der Waals surface area contributed by atoms with Gasteiger partial charge in [-0.05, 0) is 12.8 Å². The molecule has 0 heterocycles. The first-order valence-electron chi connectivity index (χ1n) is 7.67. The second-order valence-electron chi connectivity index (χ2n) is 6.95. The van der Waals surface area contributed by atoms with Crippen molar-refractivity contribution in [2.24, 2.45) is 28.7 Å². The summed E-state index contributed by atoms with van der Waals surface area (Å²) in [6.07, 6.45) is 2.14. The van der Waals surface area contributed by atoms with Crippen LogP contribution in [0.4, 0.5) is 0 Å². The topological polar surface area (TPSA) is 118 Å². The number of nitrogens with one attached hydrogen (secondary N) is 1. The van der Waals surface area contributed by atoms with Gasteiger partial charge in [-0.2, -0.15) is 0 Å². The minimum absolute atomic E-state index is 0.0635. The number of aliphatic hydroxyl groups is 1. The number of carbonyl (C=O) groups is 2. The number of aliphatic hydroxyl groups excluding tert-OH is 1. The van der Waals surface area contributed by atoms with E-state index in [-0.39, 0.29) is 30.1 Å². The number of hydrogen-bond donors (Lipinski definition) is 4. The van der Waals surface area contributed by atoms with Gasteiger partial charge >= 0.3 is 0 Å². The predicted octanol–water partition coefficient (Wildman–Crippen LogP) is 0.129. The van der Waals surface area contributed by atoms with Crippen LogP contribution < -0.4 is 16.8 Å². The summed E-state index contributed by atoms with van der Waals surface area (Å²) in [4.78, 5) is 25.0. The molecule has 0 aliphatic heterocycles. The van der Waals surface area contributed by atoms with Crippen LogP contribution in [0.2, 0.25) is 0 Å². The van der Waals surface area contributed by atoms with Crippen molar-refractivity contribution in [2.45, 2.75) is 58.7 Å². The van der Waals surface area contributed by atoms with Gasteiger partial charge in [0.05, 0.1) is 6.04 Å². The lowest BCUT2D eigenvalue weighted by Crippen LogP contribution is -2.54. The molecule has 6 nitrogen and oxygen atoms in total. The Bertz CT molecular complexity index is 377. The molecule has 0 bridgehead atoms. The molecule has 1 aliphatic rings. The highest BCUT2D eigenvalue weighted by Gasteiger charge is 2.40. The molecule has 1 amide bonds. The number of ketones is 1. The number of hydrogen-bond acceptors (Lipinski definition) is 5. The molecule has 1 saturated carbocycles. The van der Waals surface area contributed by atoms with Gasteiger partial charge in [0.2, 0.25) is 5.91 Å². The third-order valence-electron chi connectivity index (χ3n) is 4.17. The van der Waals surface area contributed by atoms with Crippen molar-refractivity contribution < 1.29 is 14.7 Å². The minimum atomic E-state index is -1.20. The van der Waals surface area contributed by atoms with Gasteiger partial charge in [0.15, 0.2) is 0 Å². The fourth-order valence-corrected chi connectivity index (χ4v) is 2.89. The van der Waals surface area contributed by atoms with E-state index in [2.05, 4.69) is 5.32 Å². The number of nitrogens with two attached hydrogens (primary N) is 2. The van der Waals surface area contributed by atoms with E-state index in [0.29, 0.717) is 6.42 Å². The molecule has 0 aromatic rings. The second-order valence-corrected chi connectivity index (χ2v) is 6.95. The third-order valence-corrected chi connectivity index (χ3v) is 4.17. The second kappa shape index (κ2) is 7.33. The normalized spacial score (nSPS) is 26.0. The van der Waals surface area contributed by atoms with Crippen LogP contribution >= 0.6 is 0 Å². The molecule has 0 radical (unpaired) electrons. The van der Waals surface area contributed by atoms with Gasteiger partial charge in [-0.3, -0.25) is 9.59 Å². The zero-order valence-electron chi connectivity index (χ0n) is 13.3. The maximum Gasteiger partial charge on any atom is 0.224 e. The number of Topliss-reactive ketones (excluding diaryl/α,β-unsaturated/α-hetero) is 1. The molecule has 0 spiro atoms. The summed E-state index contributed by atoms with van der Waals surface area (Å²) >= 11 is 0. The van der Waals surface area contributed by atoms with Crippen molar-refractivity contribution in [1.82, 2.24) is 5.32 Å². The first-order valence-corrected chi connectivity index (χ1v) is 7.67. The zero-order chi connectivity index (χ0) is 16.2. The van der Waals surface area contributed by atoms with Crippen LogP contribution in [0, 0.1) is 17.3 Å². The summed E-state index contributed by atoms with van der Waals surface area (Å²) in [5, 5.41) is 12.1. The molecular weight excluding hydrogens is 270 g/mol. The Morgan fingerprint density at radius 1 is 1.24 bits per heavy atom. The van der Waals surface area contributed by atoms with Gasteiger partial charge in [0, 0.05) is 23.8 Å². The third kappa shape index (κ3) is 4.76. The van der Waals surface area contributed by atoms with Crippen molar-refractivity contribution in [2.75, 3.05) is 6.54 Å². The van der Waals surface area contributed by atoms with E-state index in [1.165, 1.54) is 0 Å². The Morgan fingerprint density at radius 2 is 1.76 bits per heavy atom. The van der Waals surface area contributed by atoms with Gasteiger partial charge in [-0.25, -0.2) is 0 Å². The van der Waals surface area contributed by atoms with E-state index >= 15 is 0 Å². The number of amides is 1. The van der Waals surface area contributed by atoms with Crippen LogP contribution in [0.3, 0.4) is 0 Å². The molecule has 0 aromatic heterocycles. The summed E-state index contributed by atoms with van der Waals surface area (Å²) in [6.45, 7) is 5.70. The van der Waals surface area contributed by atoms with E-state index in [4.69, 9.17) is 11.5 Å². The molecular formula is C15H29N3O3. The monoisotopic (exact) mass is 299 g/mol. The average Bonchev–Trinajstić information content (AvgIpc) is 2.42. The Balaban J connectivity index is 2.81. The molecule has 1 unspecified atom stereocenters. The molecule has 122 valence electrons. The van der Waals surface area contributed by atoms with E-state index in [0.717, 1.165) is 19.3 Å². The number of rotatable bonds is 5. The average molecular weight is 299 g/mol.